The third-order valence-electron chi connectivity index (χ3n) is 3.37. The molecule has 2 aromatic rings. The van der Waals surface area contributed by atoms with Gasteiger partial charge in [-0.1, -0.05) is 6.07 Å². The molecule has 0 aromatic carbocycles. The van der Waals surface area contributed by atoms with E-state index in [-0.39, 0.29) is 18.6 Å². The molecule has 0 fully saturated rings. The van der Waals surface area contributed by atoms with Crippen molar-refractivity contribution >= 4 is 28.6 Å². The molecule has 2 unspecified atom stereocenters. The lowest BCUT2D eigenvalue weighted by Gasteiger charge is -2.22. The van der Waals surface area contributed by atoms with Crippen LogP contribution in [0.4, 0.5) is 0 Å². The molecule has 2 heterocycles. The minimum Gasteiger partial charge on any atom is -0.383 e. The van der Waals surface area contributed by atoms with Gasteiger partial charge in [0.25, 0.3) is 5.91 Å². The summed E-state index contributed by atoms with van der Waals surface area (Å²) in [6.45, 7) is 5.53. The third-order valence-corrected chi connectivity index (χ3v) is 5.81. The van der Waals surface area contributed by atoms with Crippen LogP contribution in [0, 0.1) is 6.92 Å². The van der Waals surface area contributed by atoms with E-state index >= 15 is 0 Å². The molecular formula is C15H20N2O3S2. The Labute approximate surface area is 138 Å². The highest BCUT2D eigenvalue weighted by Crippen LogP contribution is 2.27. The first-order valence-electron chi connectivity index (χ1n) is 6.90. The number of ether oxygens (including phenoxy) is 1. The monoisotopic (exact) mass is 340 g/mol. The van der Waals surface area contributed by atoms with Crippen LogP contribution in [0.1, 0.15) is 45.2 Å². The smallest absolute Gasteiger partial charge is 0.263 e. The molecule has 22 heavy (non-hydrogen) atoms. The predicted molar refractivity (Wildman–Crippen MR) is 88.5 cm³/mol. The molecule has 0 aliphatic heterocycles. The Morgan fingerprint density at radius 3 is 2.91 bits per heavy atom. The van der Waals surface area contributed by atoms with E-state index in [1.807, 2.05) is 24.4 Å². The third kappa shape index (κ3) is 3.73. The molecule has 0 aliphatic rings. The molecule has 0 aliphatic carbocycles. The Balaban J connectivity index is 2.05. The summed E-state index contributed by atoms with van der Waals surface area (Å²) in [6.07, 6.45) is -0.139. The van der Waals surface area contributed by atoms with Crippen LogP contribution in [-0.2, 0) is 10.3 Å². The van der Waals surface area contributed by atoms with Crippen molar-refractivity contribution in [1.29, 1.82) is 0 Å². The van der Waals surface area contributed by atoms with Crippen LogP contribution in [0.5, 0.6) is 0 Å². The number of nitrogens with one attached hydrogen (secondary N) is 1. The lowest BCUT2D eigenvalue weighted by Crippen LogP contribution is -2.38. The first-order valence-corrected chi connectivity index (χ1v) is 8.59. The van der Waals surface area contributed by atoms with Gasteiger partial charge in [-0.3, -0.25) is 4.79 Å². The first-order chi connectivity index (χ1) is 10.3. The number of aryl methyl sites for hydroxylation is 1. The summed E-state index contributed by atoms with van der Waals surface area (Å²) >= 11 is 2.79. The van der Waals surface area contributed by atoms with Gasteiger partial charge in [0.1, 0.15) is 21.6 Å². The lowest BCUT2D eigenvalue weighted by molar-refractivity contribution is 0.0557. The summed E-state index contributed by atoms with van der Waals surface area (Å²) < 4.78 is 5.23. The second kappa shape index (κ2) is 6.87. The van der Waals surface area contributed by atoms with Gasteiger partial charge in [0.05, 0.1) is 12.2 Å². The van der Waals surface area contributed by atoms with Gasteiger partial charge >= 0.3 is 0 Å². The van der Waals surface area contributed by atoms with E-state index in [1.165, 1.54) is 22.7 Å². The molecular weight excluding hydrogens is 320 g/mol. The summed E-state index contributed by atoms with van der Waals surface area (Å²) in [4.78, 5) is 18.1. The molecule has 0 radical (unpaired) electrons. The number of hydrogen-bond donors (Lipinski definition) is 2. The van der Waals surface area contributed by atoms with Crippen molar-refractivity contribution in [1.82, 2.24) is 10.3 Å². The maximum absolute atomic E-state index is 12.3. The number of amides is 1. The number of thiazole rings is 1. The largest absolute Gasteiger partial charge is 0.383 e. The number of carbonyl (C=O) groups excluding carboxylic acids is 1. The van der Waals surface area contributed by atoms with Gasteiger partial charge in [-0.25, -0.2) is 4.98 Å². The highest BCUT2D eigenvalue weighted by molar-refractivity contribution is 7.13. The van der Waals surface area contributed by atoms with E-state index in [1.54, 1.807) is 21.0 Å². The molecule has 2 atom stereocenters. The zero-order valence-corrected chi connectivity index (χ0v) is 14.7. The first kappa shape index (κ1) is 17.1. The van der Waals surface area contributed by atoms with Gasteiger partial charge in [0.2, 0.25) is 0 Å². The summed E-state index contributed by atoms with van der Waals surface area (Å²) in [5, 5.41) is 15.9. The number of hydrogen-bond acceptors (Lipinski definition) is 6. The molecule has 0 saturated carbocycles. The number of rotatable bonds is 6. The molecule has 2 N–H and O–H groups in total. The average Bonchev–Trinajstić information content (AvgIpc) is 3.13. The highest BCUT2D eigenvalue weighted by atomic mass is 32.1. The molecule has 0 spiro atoms. The average molecular weight is 340 g/mol. The van der Waals surface area contributed by atoms with Crippen molar-refractivity contribution in [3.63, 3.8) is 0 Å². The maximum Gasteiger partial charge on any atom is 0.263 e. The summed E-state index contributed by atoms with van der Waals surface area (Å²) in [6, 6.07) is 3.73. The molecule has 1 amide bonds. The molecule has 0 saturated heterocycles. The SMILES string of the molecule is COC(C)c1nc(C)c(C(=O)NCC(C)(O)c2cccs2)s1. The van der Waals surface area contributed by atoms with Crippen molar-refractivity contribution in [3.8, 4) is 0 Å². The summed E-state index contributed by atoms with van der Waals surface area (Å²) in [7, 11) is 1.61. The molecule has 0 bridgehead atoms. The van der Waals surface area contributed by atoms with E-state index in [2.05, 4.69) is 10.3 Å². The number of carbonyl (C=O) groups is 1. The van der Waals surface area contributed by atoms with Crippen molar-refractivity contribution in [2.45, 2.75) is 32.5 Å². The van der Waals surface area contributed by atoms with Gasteiger partial charge in [-0.2, -0.15) is 0 Å². The maximum atomic E-state index is 12.3. The number of aliphatic hydroxyl groups is 1. The predicted octanol–water partition coefficient (Wildman–Crippen LogP) is 2.86. The number of methoxy groups -OCH3 is 1. The van der Waals surface area contributed by atoms with Crippen molar-refractivity contribution in [3.05, 3.63) is 38.0 Å². The zero-order chi connectivity index (χ0) is 16.3. The van der Waals surface area contributed by atoms with Gasteiger partial charge in [-0.15, -0.1) is 22.7 Å². The second-order valence-corrected chi connectivity index (χ2v) is 7.26. The molecule has 7 heteroatoms. The van der Waals surface area contributed by atoms with Crippen molar-refractivity contribution in [2.75, 3.05) is 13.7 Å². The fourth-order valence-electron chi connectivity index (χ4n) is 1.91. The standard InChI is InChI=1S/C15H20N2O3S2/c1-9-12(22-14(17-9)10(2)20-4)13(18)16-8-15(3,19)11-6-5-7-21-11/h5-7,10,19H,8H2,1-4H3,(H,16,18). The van der Waals surface area contributed by atoms with Crippen LogP contribution in [0.25, 0.3) is 0 Å². The Kier molecular flexibility index (Phi) is 5.33. The van der Waals surface area contributed by atoms with E-state index in [0.29, 0.717) is 10.6 Å². The number of aromatic nitrogens is 1. The Morgan fingerprint density at radius 1 is 1.59 bits per heavy atom. The second-order valence-electron chi connectivity index (χ2n) is 5.28. The number of thiophene rings is 1. The molecule has 120 valence electrons. The zero-order valence-electron chi connectivity index (χ0n) is 13.0. The molecule has 5 nitrogen and oxygen atoms in total. The topological polar surface area (TPSA) is 71.5 Å². The van der Waals surface area contributed by atoms with Crippen LogP contribution < -0.4 is 5.32 Å². The minimum atomic E-state index is -1.08. The highest BCUT2D eigenvalue weighted by Gasteiger charge is 2.26. The summed E-state index contributed by atoms with van der Waals surface area (Å²) in [5.74, 6) is -0.221. The van der Waals surface area contributed by atoms with Crippen molar-refractivity contribution < 1.29 is 14.6 Å². The van der Waals surface area contributed by atoms with Crippen LogP contribution in [0.3, 0.4) is 0 Å². The normalized spacial score (nSPS) is 15.3. The molecule has 2 aromatic heterocycles. The van der Waals surface area contributed by atoms with Crippen molar-refractivity contribution in [2.24, 2.45) is 0 Å². The van der Waals surface area contributed by atoms with Gasteiger partial charge in [0, 0.05) is 12.0 Å². The Hall–Kier alpha value is -1.28. The van der Waals surface area contributed by atoms with E-state index in [0.717, 1.165) is 9.88 Å². The fourth-order valence-corrected chi connectivity index (χ4v) is 3.71. The molecule has 2 rings (SSSR count). The van der Waals surface area contributed by atoms with E-state index in [9.17, 15) is 9.90 Å². The van der Waals surface area contributed by atoms with Crippen LogP contribution >= 0.6 is 22.7 Å². The Morgan fingerprint density at radius 2 is 2.32 bits per heavy atom. The quantitative estimate of drug-likeness (QED) is 0.848. The van der Waals surface area contributed by atoms with E-state index in [4.69, 9.17) is 4.74 Å². The van der Waals surface area contributed by atoms with Gasteiger partial charge in [-0.05, 0) is 32.2 Å². The fraction of sp³-hybridized carbons (Fsp3) is 0.467. The van der Waals surface area contributed by atoms with Gasteiger partial charge < -0.3 is 15.2 Å². The van der Waals surface area contributed by atoms with Crippen LogP contribution in [0.15, 0.2) is 17.5 Å². The van der Waals surface area contributed by atoms with Crippen LogP contribution in [-0.4, -0.2) is 29.7 Å². The van der Waals surface area contributed by atoms with Gasteiger partial charge in [0.15, 0.2) is 0 Å². The number of nitrogens with zero attached hydrogens (tertiary/aromatic N) is 1. The lowest BCUT2D eigenvalue weighted by atomic mass is 10.1. The summed E-state index contributed by atoms with van der Waals surface area (Å²) in [5.41, 5.74) is -0.400. The Bertz CT molecular complexity index is 635. The minimum absolute atomic E-state index is 0.139. The van der Waals surface area contributed by atoms with Crippen LogP contribution in [0.2, 0.25) is 0 Å². The van der Waals surface area contributed by atoms with E-state index < -0.39 is 5.60 Å².